The summed E-state index contributed by atoms with van der Waals surface area (Å²) in [6.45, 7) is 6.45. The highest BCUT2D eigenvalue weighted by atomic mass is 16.5. The number of carbonyl (C=O) groups excluding carboxylic acids is 1. The largest absolute Gasteiger partial charge is 0.381 e. The SMILES string of the molecule is CCCCCC(C)NC(=O)NCC1(c2ccccc2)CCOCC1. The molecule has 1 aromatic carbocycles. The third-order valence-corrected chi connectivity index (χ3v) is 5.04. The molecule has 2 amide bonds. The molecule has 1 heterocycles. The molecule has 1 atom stereocenters. The van der Waals surface area contributed by atoms with Crippen LogP contribution in [0.4, 0.5) is 4.79 Å². The molecule has 1 aromatic rings. The first-order valence-corrected chi connectivity index (χ1v) is 9.34. The summed E-state index contributed by atoms with van der Waals surface area (Å²) in [6.07, 6.45) is 6.54. The molecule has 2 N–H and O–H groups in total. The molecule has 1 aliphatic rings. The third kappa shape index (κ3) is 5.52. The Hall–Kier alpha value is -1.55. The minimum Gasteiger partial charge on any atom is -0.381 e. The van der Waals surface area contributed by atoms with E-state index in [0.29, 0.717) is 6.54 Å². The fraction of sp³-hybridized carbons (Fsp3) is 0.650. The van der Waals surface area contributed by atoms with Gasteiger partial charge < -0.3 is 15.4 Å². The first-order chi connectivity index (χ1) is 11.7. The smallest absolute Gasteiger partial charge is 0.315 e. The summed E-state index contributed by atoms with van der Waals surface area (Å²) in [6, 6.07) is 10.7. The Balaban J connectivity index is 1.88. The van der Waals surface area contributed by atoms with Crippen LogP contribution in [0.25, 0.3) is 0 Å². The van der Waals surface area contributed by atoms with Crippen molar-refractivity contribution in [2.24, 2.45) is 0 Å². The number of carbonyl (C=O) groups is 1. The highest BCUT2D eigenvalue weighted by molar-refractivity contribution is 5.74. The van der Waals surface area contributed by atoms with Gasteiger partial charge in [-0.1, -0.05) is 56.5 Å². The Kier molecular flexibility index (Phi) is 7.57. The van der Waals surface area contributed by atoms with Gasteiger partial charge in [-0.3, -0.25) is 0 Å². The van der Waals surface area contributed by atoms with Crippen molar-refractivity contribution in [3.63, 3.8) is 0 Å². The average Bonchev–Trinajstić information content (AvgIpc) is 2.62. The van der Waals surface area contributed by atoms with E-state index in [1.807, 2.05) is 6.07 Å². The molecule has 1 aliphatic heterocycles. The van der Waals surface area contributed by atoms with Gasteiger partial charge in [0.05, 0.1) is 0 Å². The van der Waals surface area contributed by atoms with E-state index in [-0.39, 0.29) is 17.5 Å². The Labute approximate surface area is 146 Å². The lowest BCUT2D eigenvalue weighted by Crippen LogP contribution is -2.48. The molecule has 0 saturated carbocycles. The van der Waals surface area contributed by atoms with Crippen molar-refractivity contribution in [2.45, 2.75) is 63.8 Å². The Morgan fingerprint density at radius 3 is 2.58 bits per heavy atom. The van der Waals surface area contributed by atoms with E-state index in [4.69, 9.17) is 4.74 Å². The molecule has 134 valence electrons. The zero-order chi connectivity index (χ0) is 17.3. The zero-order valence-electron chi connectivity index (χ0n) is 15.1. The Morgan fingerprint density at radius 1 is 1.21 bits per heavy atom. The minimum absolute atomic E-state index is 0.0116. The monoisotopic (exact) mass is 332 g/mol. The number of unbranched alkanes of at least 4 members (excludes halogenated alkanes) is 2. The molecule has 0 spiro atoms. The van der Waals surface area contributed by atoms with Crippen LogP contribution in [-0.2, 0) is 10.2 Å². The maximum absolute atomic E-state index is 12.2. The Bertz CT molecular complexity index is 484. The summed E-state index contributed by atoms with van der Waals surface area (Å²) in [4.78, 5) is 12.2. The predicted octanol–water partition coefficient (Wildman–Crippen LogP) is 4.00. The lowest BCUT2D eigenvalue weighted by atomic mass is 9.74. The summed E-state index contributed by atoms with van der Waals surface area (Å²) in [5.74, 6) is 0. The summed E-state index contributed by atoms with van der Waals surface area (Å²) < 4.78 is 5.54. The van der Waals surface area contributed by atoms with Crippen LogP contribution in [-0.4, -0.2) is 31.8 Å². The number of urea groups is 1. The second-order valence-electron chi connectivity index (χ2n) is 6.98. The molecule has 1 fully saturated rings. The quantitative estimate of drug-likeness (QED) is 0.707. The lowest BCUT2D eigenvalue weighted by Gasteiger charge is -2.38. The van der Waals surface area contributed by atoms with Crippen molar-refractivity contribution in [1.82, 2.24) is 10.6 Å². The van der Waals surface area contributed by atoms with Gasteiger partial charge in [0, 0.05) is 31.2 Å². The molecule has 2 rings (SSSR count). The molecule has 4 heteroatoms. The van der Waals surface area contributed by atoms with Gasteiger partial charge in [-0.15, -0.1) is 0 Å². The van der Waals surface area contributed by atoms with Crippen molar-refractivity contribution < 1.29 is 9.53 Å². The summed E-state index contributed by atoms with van der Waals surface area (Å²) in [7, 11) is 0. The van der Waals surface area contributed by atoms with E-state index in [9.17, 15) is 4.79 Å². The second kappa shape index (κ2) is 9.67. The van der Waals surface area contributed by atoms with Crippen LogP contribution >= 0.6 is 0 Å². The van der Waals surface area contributed by atoms with Gasteiger partial charge in [-0.2, -0.15) is 0 Å². The van der Waals surface area contributed by atoms with Crippen molar-refractivity contribution in [3.05, 3.63) is 35.9 Å². The molecule has 0 radical (unpaired) electrons. The zero-order valence-corrected chi connectivity index (χ0v) is 15.1. The van der Waals surface area contributed by atoms with E-state index in [1.54, 1.807) is 0 Å². The number of rotatable bonds is 8. The van der Waals surface area contributed by atoms with Crippen LogP contribution in [0.5, 0.6) is 0 Å². The fourth-order valence-corrected chi connectivity index (χ4v) is 3.42. The molecule has 0 bridgehead atoms. The van der Waals surface area contributed by atoms with Gasteiger partial charge in [0.2, 0.25) is 0 Å². The standard InChI is InChI=1S/C20H32N2O2/c1-3-4-6-9-17(2)22-19(23)21-16-20(12-14-24-15-13-20)18-10-7-5-8-11-18/h5,7-8,10-11,17H,3-4,6,9,12-16H2,1-2H3,(H2,21,22,23). The van der Waals surface area contributed by atoms with E-state index in [0.717, 1.165) is 32.5 Å². The van der Waals surface area contributed by atoms with Gasteiger partial charge in [0.1, 0.15) is 0 Å². The normalized spacial score (nSPS) is 17.9. The number of amides is 2. The molecule has 24 heavy (non-hydrogen) atoms. The summed E-state index contributed by atoms with van der Waals surface area (Å²) in [5.41, 5.74) is 1.28. The Morgan fingerprint density at radius 2 is 1.92 bits per heavy atom. The van der Waals surface area contributed by atoms with Crippen LogP contribution in [0.15, 0.2) is 30.3 Å². The van der Waals surface area contributed by atoms with Crippen molar-refractivity contribution in [3.8, 4) is 0 Å². The maximum Gasteiger partial charge on any atom is 0.315 e. The van der Waals surface area contributed by atoms with Gasteiger partial charge in [0.15, 0.2) is 0 Å². The molecular formula is C20H32N2O2. The number of ether oxygens (including phenoxy) is 1. The number of hydrogen-bond acceptors (Lipinski definition) is 2. The van der Waals surface area contributed by atoms with Gasteiger partial charge in [-0.05, 0) is 31.7 Å². The van der Waals surface area contributed by atoms with Gasteiger partial charge in [-0.25, -0.2) is 4.79 Å². The third-order valence-electron chi connectivity index (χ3n) is 5.04. The molecule has 1 unspecified atom stereocenters. The van der Waals surface area contributed by atoms with Gasteiger partial charge in [0.25, 0.3) is 0 Å². The van der Waals surface area contributed by atoms with Crippen molar-refractivity contribution >= 4 is 6.03 Å². The van der Waals surface area contributed by atoms with Crippen molar-refractivity contribution in [2.75, 3.05) is 19.8 Å². The summed E-state index contributed by atoms with van der Waals surface area (Å²) in [5, 5.41) is 6.17. The van der Waals surface area contributed by atoms with E-state index in [2.05, 4.69) is 48.7 Å². The first-order valence-electron chi connectivity index (χ1n) is 9.34. The lowest BCUT2D eigenvalue weighted by molar-refractivity contribution is 0.0506. The molecular weight excluding hydrogens is 300 g/mol. The molecule has 0 aromatic heterocycles. The summed E-state index contributed by atoms with van der Waals surface area (Å²) >= 11 is 0. The fourth-order valence-electron chi connectivity index (χ4n) is 3.42. The van der Waals surface area contributed by atoms with Crippen LogP contribution < -0.4 is 10.6 Å². The van der Waals surface area contributed by atoms with E-state index < -0.39 is 0 Å². The minimum atomic E-state index is -0.0548. The molecule has 1 saturated heterocycles. The molecule has 4 nitrogen and oxygen atoms in total. The highest BCUT2D eigenvalue weighted by Gasteiger charge is 2.34. The van der Waals surface area contributed by atoms with Crippen LogP contribution in [0, 0.1) is 0 Å². The predicted molar refractivity (Wildman–Crippen MR) is 98.3 cm³/mol. The molecule has 0 aliphatic carbocycles. The van der Waals surface area contributed by atoms with Crippen LogP contribution in [0.3, 0.4) is 0 Å². The van der Waals surface area contributed by atoms with Crippen molar-refractivity contribution in [1.29, 1.82) is 0 Å². The topological polar surface area (TPSA) is 50.4 Å². The number of nitrogens with one attached hydrogen (secondary N) is 2. The van der Waals surface area contributed by atoms with E-state index in [1.165, 1.54) is 24.8 Å². The number of hydrogen-bond donors (Lipinski definition) is 2. The van der Waals surface area contributed by atoms with E-state index >= 15 is 0 Å². The first kappa shape index (κ1) is 18.8. The van der Waals surface area contributed by atoms with Crippen LogP contribution in [0.2, 0.25) is 0 Å². The number of benzene rings is 1. The second-order valence-corrected chi connectivity index (χ2v) is 6.98. The average molecular weight is 332 g/mol. The highest BCUT2D eigenvalue weighted by Crippen LogP contribution is 2.34. The van der Waals surface area contributed by atoms with Gasteiger partial charge >= 0.3 is 6.03 Å². The maximum atomic E-state index is 12.2. The van der Waals surface area contributed by atoms with Crippen LogP contribution in [0.1, 0.15) is 57.9 Å².